The monoisotopic (exact) mass is 484 g/mol. The van der Waals surface area contributed by atoms with Crippen molar-refractivity contribution in [3.63, 3.8) is 0 Å². The first-order chi connectivity index (χ1) is 16.1. The van der Waals surface area contributed by atoms with Crippen LogP contribution in [0.5, 0.6) is 0 Å². The Kier molecular flexibility index (Phi) is 6.77. The van der Waals surface area contributed by atoms with E-state index in [1.807, 2.05) is 4.90 Å². The predicted octanol–water partition coefficient (Wildman–Crippen LogP) is 4.01. The van der Waals surface area contributed by atoms with Gasteiger partial charge < -0.3 is 15.5 Å². The molecule has 2 aromatic rings. The molecule has 11 heteroatoms. The fourth-order valence-electron chi connectivity index (χ4n) is 4.72. The molecule has 2 fully saturated rings. The van der Waals surface area contributed by atoms with Crippen molar-refractivity contribution < 1.29 is 31.5 Å². The molecule has 0 aliphatic carbocycles. The average molecular weight is 484 g/mol. The molecule has 2 atom stereocenters. The summed E-state index contributed by atoms with van der Waals surface area (Å²) < 4.78 is 69.0. The van der Waals surface area contributed by atoms with E-state index in [1.165, 1.54) is 19.3 Å². The van der Waals surface area contributed by atoms with Gasteiger partial charge in [0.25, 0.3) is 5.91 Å². The first-order valence-corrected chi connectivity index (χ1v) is 11.0. The summed E-state index contributed by atoms with van der Waals surface area (Å²) in [5.74, 6) is -2.20. The standard InChI is InChI=1S/C23H25F5N4O2/c1-14(12-34-23(26,27)28)31-21(33)19-11-29-10-18(15-7-16(24)9-17(25)8-15)20(19)32-6-4-22(13-32)3-2-5-30-22/h7-11,14,30H,2-6,12-13H2,1H3,(H,31,33)/t14-,22?/m0/s1. The summed E-state index contributed by atoms with van der Waals surface area (Å²) >= 11 is 0. The first kappa shape index (κ1) is 24.3. The van der Waals surface area contributed by atoms with Gasteiger partial charge in [-0.15, -0.1) is 13.2 Å². The van der Waals surface area contributed by atoms with E-state index in [-0.39, 0.29) is 16.7 Å². The molecule has 2 aliphatic rings. The van der Waals surface area contributed by atoms with Crippen molar-refractivity contribution in [2.45, 2.75) is 44.1 Å². The number of pyridine rings is 1. The van der Waals surface area contributed by atoms with E-state index >= 15 is 0 Å². The van der Waals surface area contributed by atoms with Crippen molar-refractivity contribution in [3.05, 3.63) is 47.8 Å². The van der Waals surface area contributed by atoms with Gasteiger partial charge in [0.1, 0.15) is 11.6 Å². The zero-order valence-corrected chi connectivity index (χ0v) is 18.5. The molecule has 1 aromatic carbocycles. The number of anilines is 1. The second-order valence-corrected chi connectivity index (χ2v) is 8.85. The summed E-state index contributed by atoms with van der Waals surface area (Å²) in [4.78, 5) is 19.2. The van der Waals surface area contributed by atoms with Crippen LogP contribution >= 0.6 is 0 Å². The maximum absolute atomic E-state index is 14.0. The van der Waals surface area contributed by atoms with E-state index in [4.69, 9.17) is 0 Å². The quantitative estimate of drug-likeness (QED) is 0.607. The molecule has 6 nitrogen and oxygen atoms in total. The van der Waals surface area contributed by atoms with Crippen LogP contribution in [-0.4, -0.2) is 55.1 Å². The fraction of sp³-hybridized carbons (Fsp3) is 0.478. The Bertz CT molecular complexity index is 1040. The number of rotatable bonds is 6. The van der Waals surface area contributed by atoms with Crippen molar-refractivity contribution >= 4 is 11.6 Å². The number of aromatic nitrogens is 1. The third-order valence-corrected chi connectivity index (χ3v) is 6.21. The van der Waals surface area contributed by atoms with E-state index in [9.17, 15) is 26.7 Å². The maximum Gasteiger partial charge on any atom is 0.522 e. The molecule has 184 valence electrons. The second kappa shape index (κ2) is 9.46. The van der Waals surface area contributed by atoms with Crippen molar-refractivity contribution in [3.8, 4) is 11.1 Å². The minimum absolute atomic E-state index is 0.107. The topological polar surface area (TPSA) is 66.5 Å². The lowest BCUT2D eigenvalue weighted by molar-refractivity contribution is -0.325. The summed E-state index contributed by atoms with van der Waals surface area (Å²) in [6.45, 7) is 2.68. The largest absolute Gasteiger partial charge is 0.522 e. The lowest BCUT2D eigenvalue weighted by Crippen LogP contribution is -2.43. The van der Waals surface area contributed by atoms with Crippen molar-refractivity contribution in [1.82, 2.24) is 15.6 Å². The Labute approximate surface area is 193 Å². The number of carbonyl (C=O) groups is 1. The van der Waals surface area contributed by atoms with Crippen LogP contribution in [-0.2, 0) is 4.74 Å². The zero-order chi connectivity index (χ0) is 24.5. The van der Waals surface area contributed by atoms with Gasteiger partial charge in [-0.05, 0) is 50.4 Å². The van der Waals surface area contributed by atoms with Crippen LogP contribution in [0, 0.1) is 11.6 Å². The number of benzene rings is 1. The second-order valence-electron chi connectivity index (χ2n) is 8.85. The highest BCUT2D eigenvalue weighted by Gasteiger charge is 2.41. The third kappa shape index (κ3) is 5.47. The van der Waals surface area contributed by atoms with Gasteiger partial charge >= 0.3 is 6.36 Å². The molecular weight excluding hydrogens is 459 g/mol. The number of amides is 1. The molecule has 0 saturated carbocycles. The predicted molar refractivity (Wildman–Crippen MR) is 115 cm³/mol. The molecule has 1 amide bonds. The number of hydrogen-bond acceptors (Lipinski definition) is 5. The van der Waals surface area contributed by atoms with Gasteiger partial charge in [0.15, 0.2) is 0 Å². The summed E-state index contributed by atoms with van der Waals surface area (Å²) in [5.41, 5.74) is 1.00. The van der Waals surface area contributed by atoms with E-state index in [0.717, 1.165) is 44.0 Å². The van der Waals surface area contributed by atoms with Gasteiger partial charge in [0, 0.05) is 42.7 Å². The molecule has 0 bridgehead atoms. The molecule has 3 heterocycles. The van der Waals surface area contributed by atoms with Gasteiger partial charge in [-0.25, -0.2) is 8.78 Å². The smallest absolute Gasteiger partial charge is 0.368 e. The summed E-state index contributed by atoms with van der Waals surface area (Å²) in [6, 6.07) is 2.12. The molecule has 1 spiro atoms. The Morgan fingerprint density at radius 2 is 1.97 bits per heavy atom. The molecule has 2 saturated heterocycles. The highest BCUT2D eigenvalue weighted by atomic mass is 19.4. The number of ether oxygens (including phenoxy) is 1. The SMILES string of the molecule is C[C@@H](COC(F)(F)F)NC(=O)c1cncc(-c2cc(F)cc(F)c2)c1N1CCC2(CCCN2)C1. The Balaban J connectivity index is 1.69. The fourth-order valence-corrected chi connectivity index (χ4v) is 4.72. The van der Waals surface area contributed by atoms with Gasteiger partial charge in [-0.2, -0.15) is 0 Å². The molecule has 1 unspecified atom stereocenters. The van der Waals surface area contributed by atoms with E-state index in [0.29, 0.717) is 24.3 Å². The minimum Gasteiger partial charge on any atom is -0.368 e. The molecule has 0 radical (unpaired) electrons. The molecule has 2 aliphatic heterocycles. The highest BCUT2D eigenvalue weighted by Crippen LogP contribution is 2.40. The van der Waals surface area contributed by atoms with Crippen LogP contribution < -0.4 is 15.5 Å². The molecule has 2 N–H and O–H groups in total. The number of alkyl halides is 3. The van der Waals surface area contributed by atoms with Gasteiger partial charge in [-0.3, -0.25) is 14.5 Å². The Morgan fingerprint density at radius 1 is 1.24 bits per heavy atom. The number of nitrogens with zero attached hydrogens (tertiary/aromatic N) is 2. The van der Waals surface area contributed by atoms with Crippen LogP contribution in [0.15, 0.2) is 30.6 Å². The normalized spacial score (nSPS) is 21.3. The minimum atomic E-state index is -4.81. The average Bonchev–Trinajstić information content (AvgIpc) is 3.40. The Morgan fingerprint density at radius 3 is 2.62 bits per heavy atom. The third-order valence-electron chi connectivity index (χ3n) is 6.21. The van der Waals surface area contributed by atoms with E-state index < -0.39 is 36.6 Å². The molecule has 4 rings (SSSR count). The summed E-state index contributed by atoms with van der Waals surface area (Å²) in [6.07, 6.45) is 0.744. The van der Waals surface area contributed by atoms with Crippen LogP contribution in [0.2, 0.25) is 0 Å². The number of halogens is 5. The number of carbonyl (C=O) groups excluding carboxylic acids is 1. The van der Waals surface area contributed by atoms with Crippen LogP contribution in [0.1, 0.15) is 36.5 Å². The van der Waals surface area contributed by atoms with Crippen LogP contribution in [0.4, 0.5) is 27.6 Å². The van der Waals surface area contributed by atoms with Gasteiger partial charge in [0.2, 0.25) is 0 Å². The molecule has 34 heavy (non-hydrogen) atoms. The van der Waals surface area contributed by atoms with Crippen LogP contribution in [0.3, 0.4) is 0 Å². The van der Waals surface area contributed by atoms with Gasteiger partial charge in [0.05, 0.1) is 23.9 Å². The lowest BCUT2D eigenvalue weighted by Gasteiger charge is -2.28. The molecule has 1 aromatic heterocycles. The van der Waals surface area contributed by atoms with Crippen molar-refractivity contribution in [1.29, 1.82) is 0 Å². The van der Waals surface area contributed by atoms with Gasteiger partial charge in [-0.1, -0.05) is 0 Å². The van der Waals surface area contributed by atoms with E-state index in [2.05, 4.69) is 20.4 Å². The Hall–Kier alpha value is -2.79. The lowest BCUT2D eigenvalue weighted by atomic mass is 9.96. The first-order valence-electron chi connectivity index (χ1n) is 11.0. The summed E-state index contributed by atoms with van der Waals surface area (Å²) in [7, 11) is 0. The highest BCUT2D eigenvalue weighted by molar-refractivity contribution is 6.03. The molecular formula is C23H25F5N4O2. The van der Waals surface area contributed by atoms with E-state index in [1.54, 1.807) is 0 Å². The van der Waals surface area contributed by atoms with Crippen LogP contribution in [0.25, 0.3) is 11.1 Å². The zero-order valence-electron chi connectivity index (χ0n) is 18.5. The number of hydrogen-bond donors (Lipinski definition) is 2. The van der Waals surface area contributed by atoms with Crippen molar-refractivity contribution in [2.24, 2.45) is 0 Å². The maximum atomic E-state index is 14.0. The summed E-state index contributed by atoms with van der Waals surface area (Å²) in [5, 5.41) is 6.02. The van der Waals surface area contributed by atoms with Crippen molar-refractivity contribution in [2.75, 3.05) is 31.1 Å². The number of nitrogens with one attached hydrogen (secondary N) is 2.